The van der Waals surface area contributed by atoms with Gasteiger partial charge >= 0.3 is 0 Å². The van der Waals surface area contributed by atoms with Crippen LogP contribution in [0, 0.1) is 0 Å². The Morgan fingerprint density at radius 3 is 1.58 bits per heavy atom. The zero-order chi connectivity index (χ0) is 40.3. The molecule has 4 aliphatic carbocycles. The number of hydrogen-bond donors (Lipinski definition) is 1. The van der Waals surface area contributed by atoms with E-state index < -0.39 is 5.41 Å². The van der Waals surface area contributed by atoms with Crippen molar-refractivity contribution in [1.82, 2.24) is 0 Å². The number of nitrogens with one attached hydrogen (secondary N) is 1. The fourth-order valence-electron chi connectivity index (χ4n) is 11.6. The number of rotatable bonds is 4. The second-order valence-corrected chi connectivity index (χ2v) is 18.5. The third-order valence-corrected chi connectivity index (χ3v) is 14.4. The fourth-order valence-corrected chi connectivity index (χ4v) is 11.6. The van der Waals surface area contributed by atoms with Crippen LogP contribution in [0.2, 0.25) is 0 Å². The zero-order valence-corrected chi connectivity index (χ0v) is 34.8. The summed E-state index contributed by atoms with van der Waals surface area (Å²) in [6.07, 6.45) is 9.26. The van der Waals surface area contributed by atoms with E-state index in [1.54, 1.807) is 0 Å². The second-order valence-electron chi connectivity index (χ2n) is 18.5. The molecule has 1 nitrogen and oxygen atoms in total. The number of fused-ring (bicyclic) bond motifs is 12. The van der Waals surface area contributed by atoms with Crippen molar-refractivity contribution in [3.05, 3.63) is 243 Å². The van der Waals surface area contributed by atoms with Gasteiger partial charge in [0.05, 0.1) is 5.41 Å². The third kappa shape index (κ3) is 4.79. The molecule has 1 spiro atoms. The molecule has 59 heavy (non-hydrogen) atoms. The number of anilines is 1. The van der Waals surface area contributed by atoms with Crippen molar-refractivity contribution in [2.45, 2.75) is 63.2 Å². The van der Waals surface area contributed by atoms with Crippen LogP contribution in [-0.2, 0) is 21.7 Å². The molecule has 1 N–H and O–H groups in total. The summed E-state index contributed by atoms with van der Waals surface area (Å²) < 4.78 is 0. The van der Waals surface area contributed by atoms with Gasteiger partial charge in [-0.3, -0.25) is 0 Å². The van der Waals surface area contributed by atoms with Crippen LogP contribution in [0.1, 0.15) is 103 Å². The van der Waals surface area contributed by atoms with Crippen LogP contribution in [0.15, 0.2) is 182 Å². The molecule has 4 aliphatic rings. The maximum atomic E-state index is 3.78. The van der Waals surface area contributed by atoms with E-state index in [2.05, 4.69) is 229 Å². The van der Waals surface area contributed by atoms with Gasteiger partial charge in [-0.25, -0.2) is 0 Å². The lowest BCUT2D eigenvalue weighted by Gasteiger charge is -2.46. The van der Waals surface area contributed by atoms with Crippen molar-refractivity contribution in [1.29, 1.82) is 0 Å². The summed E-state index contributed by atoms with van der Waals surface area (Å²) in [5.74, 6) is 0. The topological polar surface area (TPSA) is 12.0 Å². The minimum absolute atomic E-state index is 0.0535. The van der Waals surface area contributed by atoms with E-state index in [9.17, 15) is 0 Å². The lowest BCUT2D eigenvalue weighted by Crippen LogP contribution is -2.40. The minimum atomic E-state index is -0.515. The van der Waals surface area contributed by atoms with Crippen LogP contribution in [0.5, 0.6) is 0 Å². The molecule has 0 saturated carbocycles. The molecule has 0 unspecified atom stereocenters. The molecule has 11 rings (SSSR count). The van der Waals surface area contributed by atoms with Gasteiger partial charge in [-0.15, -0.1) is 0 Å². The Balaban J connectivity index is 1.12. The zero-order valence-electron chi connectivity index (χ0n) is 34.8. The highest BCUT2D eigenvalue weighted by Gasteiger charge is 2.54. The van der Waals surface area contributed by atoms with Gasteiger partial charge in [-0.1, -0.05) is 199 Å². The summed E-state index contributed by atoms with van der Waals surface area (Å²) in [6.45, 7) is 14.2. The van der Waals surface area contributed by atoms with Crippen molar-refractivity contribution in [3.63, 3.8) is 0 Å². The lowest BCUT2D eigenvalue weighted by atomic mass is 9.55. The Morgan fingerprint density at radius 1 is 0.407 bits per heavy atom. The summed E-state index contributed by atoms with van der Waals surface area (Å²) in [6, 6.07) is 59.2. The van der Waals surface area contributed by atoms with E-state index in [0.717, 1.165) is 5.69 Å². The van der Waals surface area contributed by atoms with Crippen LogP contribution in [0.3, 0.4) is 0 Å². The highest BCUT2D eigenvalue weighted by molar-refractivity contribution is 6.02. The molecular formula is C58H49N. The third-order valence-electron chi connectivity index (χ3n) is 14.4. The Morgan fingerprint density at radius 2 is 0.898 bits per heavy atom. The fraction of sp³-hybridized carbons (Fsp3) is 0.172. The van der Waals surface area contributed by atoms with Gasteiger partial charge in [0.2, 0.25) is 0 Å². The molecule has 0 atom stereocenters. The van der Waals surface area contributed by atoms with E-state index >= 15 is 0 Å². The van der Waals surface area contributed by atoms with Gasteiger partial charge in [0.25, 0.3) is 0 Å². The Hall–Kier alpha value is -6.44. The molecule has 7 aromatic carbocycles. The molecule has 1 heteroatoms. The van der Waals surface area contributed by atoms with Crippen molar-refractivity contribution in [2.75, 3.05) is 5.32 Å². The van der Waals surface area contributed by atoms with Gasteiger partial charge in [0.1, 0.15) is 0 Å². The predicted molar refractivity (Wildman–Crippen MR) is 248 cm³/mol. The van der Waals surface area contributed by atoms with E-state index in [-0.39, 0.29) is 16.2 Å². The number of allylic oxidation sites excluding steroid dienone is 4. The monoisotopic (exact) mass is 759 g/mol. The molecule has 286 valence electrons. The van der Waals surface area contributed by atoms with Crippen LogP contribution in [0.4, 0.5) is 5.69 Å². The molecule has 0 bridgehead atoms. The van der Waals surface area contributed by atoms with Crippen molar-refractivity contribution < 1.29 is 0 Å². The Labute approximate surface area is 349 Å². The van der Waals surface area contributed by atoms with Crippen LogP contribution >= 0.6 is 0 Å². The van der Waals surface area contributed by atoms with E-state index in [1.807, 2.05) is 0 Å². The van der Waals surface area contributed by atoms with Crippen LogP contribution < -0.4 is 5.32 Å². The quantitative estimate of drug-likeness (QED) is 0.188. The van der Waals surface area contributed by atoms with Crippen LogP contribution in [0.25, 0.3) is 33.9 Å². The Bertz CT molecular complexity index is 2950. The molecular weight excluding hydrogens is 711 g/mol. The first-order valence-electron chi connectivity index (χ1n) is 21.2. The largest absolute Gasteiger partial charge is 0.361 e. The van der Waals surface area contributed by atoms with Crippen molar-refractivity contribution >= 4 is 17.3 Å². The molecule has 0 fully saturated rings. The summed E-state index contributed by atoms with van der Waals surface area (Å²) in [4.78, 5) is 0. The maximum absolute atomic E-state index is 3.78. The summed E-state index contributed by atoms with van der Waals surface area (Å²) in [5, 5.41) is 3.78. The molecule has 0 radical (unpaired) electrons. The predicted octanol–water partition coefficient (Wildman–Crippen LogP) is 14.4. The van der Waals surface area contributed by atoms with E-state index in [1.165, 1.54) is 94.6 Å². The van der Waals surface area contributed by atoms with Gasteiger partial charge in [-0.05, 0) is 107 Å². The maximum Gasteiger partial charge on any atom is 0.0719 e. The lowest BCUT2D eigenvalue weighted by molar-refractivity contribution is 0.563. The summed E-state index contributed by atoms with van der Waals surface area (Å²) in [7, 11) is 0. The average Bonchev–Trinajstić information content (AvgIpc) is 3.76. The molecule has 0 amide bonds. The standard InChI is InChI=1S/C58H49N/c1-55(2)44-23-11-9-21-41(44)54-51(55)29-17-31-53(54)59-34-18-30-46-42(35-37-32-33-40-38-19-7-10-22-43(38)56(3,4)52(40)36-37)39-20-8-12-24-45(39)58(46)49-27-15-13-25-47(49)57(5,6)48-26-14-16-28-50(48)58/h7-36,59H,1-6H3/b34-18+,42-35-,46-30+. The molecule has 0 heterocycles. The highest BCUT2D eigenvalue weighted by Crippen LogP contribution is 2.63. The van der Waals surface area contributed by atoms with Crippen LogP contribution in [-0.4, -0.2) is 0 Å². The first-order chi connectivity index (χ1) is 28.6. The van der Waals surface area contributed by atoms with Crippen molar-refractivity contribution in [3.8, 4) is 22.3 Å². The minimum Gasteiger partial charge on any atom is -0.361 e. The first kappa shape index (κ1) is 35.7. The second kappa shape index (κ2) is 12.5. The van der Waals surface area contributed by atoms with Gasteiger partial charge in [-0.2, -0.15) is 0 Å². The molecule has 0 aromatic heterocycles. The first-order valence-corrected chi connectivity index (χ1v) is 21.2. The number of benzene rings is 7. The normalized spacial score (nSPS) is 18.9. The Kier molecular flexibility index (Phi) is 7.58. The smallest absolute Gasteiger partial charge is 0.0719 e. The van der Waals surface area contributed by atoms with Crippen molar-refractivity contribution in [2.24, 2.45) is 0 Å². The summed E-state index contributed by atoms with van der Waals surface area (Å²) >= 11 is 0. The average molecular weight is 760 g/mol. The SMILES string of the molecule is CC1(C)c2ccccc2-c2ccc(\C=C3/C(=C\C=C\Nc4cccc5c4-c4ccccc4C5(C)C)C4(c5ccccc53)c3ccccc3C(C)(C)c3ccccc34)cc21. The summed E-state index contributed by atoms with van der Waals surface area (Å²) in [5.41, 5.74) is 23.0. The molecule has 0 aliphatic heterocycles. The van der Waals surface area contributed by atoms with Gasteiger partial charge in [0, 0.05) is 33.7 Å². The van der Waals surface area contributed by atoms with E-state index in [0.29, 0.717) is 0 Å². The number of hydrogen-bond acceptors (Lipinski definition) is 1. The highest BCUT2D eigenvalue weighted by atomic mass is 14.8. The molecule has 7 aromatic rings. The van der Waals surface area contributed by atoms with E-state index in [4.69, 9.17) is 0 Å². The van der Waals surface area contributed by atoms with Gasteiger partial charge in [0.15, 0.2) is 0 Å². The molecule has 0 saturated heterocycles. The van der Waals surface area contributed by atoms with Gasteiger partial charge < -0.3 is 5.32 Å².